The molecule has 4 rings (SSSR count). The Balaban J connectivity index is 1.68. The van der Waals surface area contributed by atoms with Crippen LogP contribution in [0.15, 0.2) is 46.2 Å². The Labute approximate surface area is 162 Å². The van der Waals surface area contributed by atoms with E-state index in [1.807, 2.05) is 0 Å². The van der Waals surface area contributed by atoms with Gasteiger partial charge in [0.05, 0.1) is 15.5 Å². The minimum Gasteiger partial charge on any atom is -0.263 e. The van der Waals surface area contributed by atoms with E-state index in [-0.39, 0.29) is 28.1 Å². The molecule has 0 atom stereocenters. The van der Waals surface area contributed by atoms with Crippen molar-refractivity contribution in [3.63, 3.8) is 0 Å². The average Bonchev–Trinajstić information content (AvgIpc) is 3.44. The normalized spacial score (nSPS) is 17.4. The van der Waals surface area contributed by atoms with Gasteiger partial charge in [0.2, 0.25) is 10.0 Å². The van der Waals surface area contributed by atoms with Gasteiger partial charge in [-0.3, -0.25) is 4.31 Å². The van der Waals surface area contributed by atoms with Gasteiger partial charge in [-0.05, 0) is 61.6 Å². The van der Waals surface area contributed by atoms with Crippen molar-refractivity contribution in [1.82, 2.24) is 4.72 Å². The lowest BCUT2D eigenvalue weighted by molar-refractivity contribution is 0.561. The number of hydrogen-bond acceptors (Lipinski definition) is 4. The van der Waals surface area contributed by atoms with Crippen molar-refractivity contribution in [3.8, 4) is 0 Å². The van der Waals surface area contributed by atoms with Crippen LogP contribution in [0.1, 0.15) is 24.8 Å². The Morgan fingerprint density at radius 3 is 2.25 bits per heavy atom. The number of rotatable bonds is 5. The van der Waals surface area contributed by atoms with Crippen LogP contribution < -0.4 is 9.03 Å². The third-order valence-electron chi connectivity index (χ3n) is 4.79. The van der Waals surface area contributed by atoms with Gasteiger partial charge in [0.25, 0.3) is 10.0 Å². The average molecular weight is 428 g/mol. The molecule has 1 aliphatic heterocycles. The molecule has 2 aliphatic rings. The van der Waals surface area contributed by atoms with E-state index in [1.54, 1.807) is 0 Å². The molecule has 0 aromatic heterocycles. The van der Waals surface area contributed by atoms with Crippen LogP contribution in [0.5, 0.6) is 0 Å². The standard InChI is InChI=1S/C18H18F2N2O4S2/c19-13-10-12-2-1-9-22(18(12)17(20)11-13)28(25,26)16-7-5-15(6-8-16)27(23,24)21-14-3-4-14/h5-8,10-11,14,21H,1-4,9H2. The Bertz CT molecular complexity index is 1130. The van der Waals surface area contributed by atoms with Gasteiger partial charge in [0.15, 0.2) is 5.82 Å². The molecule has 0 unspecified atom stereocenters. The molecule has 10 heteroatoms. The van der Waals surface area contributed by atoms with E-state index < -0.39 is 31.7 Å². The summed E-state index contributed by atoms with van der Waals surface area (Å²) in [7, 11) is -7.83. The van der Waals surface area contributed by atoms with Gasteiger partial charge in [-0.15, -0.1) is 0 Å². The van der Waals surface area contributed by atoms with E-state index in [2.05, 4.69) is 4.72 Å². The van der Waals surface area contributed by atoms with Crippen LogP contribution in [0.3, 0.4) is 0 Å². The minimum absolute atomic E-state index is 0.0364. The molecule has 1 saturated carbocycles. The van der Waals surface area contributed by atoms with Crippen LogP contribution in [0.2, 0.25) is 0 Å². The summed E-state index contributed by atoms with van der Waals surface area (Å²) >= 11 is 0. The second-order valence-corrected chi connectivity index (χ2v) is 10.5. The van der Waals surface area contributed by atoms with E-state index in [4.69, 9.17) is 0 Å². The summed E-state index contributed by atoms with van der Waals surface area (Å²) in [6.45, 7) is 0.0567. The summed E-state index contributed by atoms with van der Waals surface area (Å²) in [5.41, 5.74) is 0.139. The Morgan fingerprint density at radius 1 is 0.964 bits per heavy atom. The zero-order chi connectivity index (χ0) is 20.1. The SMILES string of the molecule is O=S(=O)(NC1CC1)c1ccc(S(=O)(=O)N2CCCc3cc(F)cc(F)c32)cc1. The summed E-state index contributed by atoms with van der Waals surface area (Å²) in [4.78, 5) is -0.194. The summed E-state index contributed by atoms with van der Waals surface area (Å²) in [6, 6.07) is 6.53. The number of aryl methyl sites for hydroxylation is 1. The van der Waals surface area contributed by atoms with Gasteiger partial charge >= 0.3 is 0 Å². The predicted octanol–water partition coefficient (Wildman–Crippen LogP) is 2.55. The first-order chi connectivity index (χ1) is 13.2. The third kappa shape index (κ3) is 3.51. The van der Waals surface area contributed by atoms with Gasteiger partial charge < -0.3 is 0 Å². The van der Waals surface area contributed by atoms with Crippen molar-refractivity contribution in [1.29, 1.82) is 0 Å². The molecule has 150 valence electrons. The number of nitrogens with zero attached hydrogens (tertiary/aromatic N) is 1. The highest BCUT2D eigenvalue weighted by molar-refractivity contribution is 7.93. The Hall–Kier alpha value is -2.04. The molecule has 1 heterocycles. The zero-order valence-corrected chi connectivity index (χ0v) is 16.4. The van der Waals surface area contributed by atoms with E-state index in [1.165, 1.54) is 24.3 Å². The highest BCUT2D eigenvalue weighted by Crippen LogP contribution is 2.35. The Kier molecular flexibility index (Phi) is 4.67. The highest BCUT2D eigenvalue weighted by atomic mass is 32.2. The summed E-state index contributed by atoms with van der Waals surface area (Å²) in [6.07, 6.45) is 2.37. The largest absolute Gasteiger partial charge is 0.264 e. The fraction of sp³-hybridized carbons (Fsp3) is 0.333. The van der Waals surface area contributed by atoms with Crippen LogP contribution in [0.25, 0.3) is 0 Å². The van der Waals surface area contributed by atoms with E-state index in [0.717, 1.165) is 23.2 Å². The lowest BCUT2D eigenvalue weighted by Crippen LogP contribution is -2.36. The maximum absolute atomic E-state index is 14.3. The topological polar surface area (TPSA) is 83.5 Å². The van der Waals surface area contributed by atoms with Crippen molar-refractivity contribution >= 4 is 25.7 Å². The smallest absolute Gasteiger partial charge is 0.263 e. The first kappa shape index (κ1) is 19.3. The summed E-state index contributed by atoms with van der Waals surface area (Å²) < 4.78 is 81.8. The van der Waals surface area contributed by atoms with Gasteiger partial charge in [-0.25, -0.2) is 30.3 Å². The fourth-order valence-electron chi connectivity index (χ4n) is 3.26. The van der Waals surface area contributed by atoms with Gasteiger partial charge in [0, 0.05) is 18.7 Å². The van der Waals surface area contributed by atoms with Crippen molar-refractivity contribution in [2.45, 2.75) is 41.5 Å². The lowest BCUT2D eigenvalue weighted by atomic mass is 10.0. The molecule has 2 aromatic rings. The third-order valence-corrected chi connectivity index (χ3v) is 8.13. The summed E-state index contributed by atoms with van der Waals surface area (Å²) in [5.74, 6) is -1.70. The number of sulfonamides is 2. The number of benzene rings is 2. The minimum atomic E-state index is -4.13. The molecule has 1 aliphatic carbocycles. The second kappa shape index (κ2) is 6.78. The van der Waals surface area contributed by atoms with Gasteiger partial charge in [0.1, 0.15) is 5.82 Å². The molecular formula is C18H18F2N2O4S2. The fourth-order valence-corrected chi connectivity index (χ4v) is 6.11. The van der Waals surface area contributed by atoms with Crippen LogP contribution in [0.4, 0.5) is 14.5 Å². The number of halogens is 2. The molecule has 1 N–H and O–H groups in total. The molecular weight excluding hydrogens is 410 g/mol. The number of nitrogens with one attached hydrogen (secondary N) is 1. The molecule has 2 aromatic carbocycles. The molecule has 6 nitrogen and oxygen atoms in total. The maximum atomic E-state index is 14.3. The molecule has 0 saturated heterocycles. The predicted molar refractivity (Wildman–Crippen MR) is 99.0 cm³/mol. The number of fused-ring (bicyclic) bond motifs is 1. The van der Waals surface area contributed by atoms with Gasteiger partial charge in [-0.2, -0.15) is 0 Å². The van der Waals surface area contributed by atoms with Crippen LogP contribution in [-0.4, -0.2) is 29.4 Å². The zero-order valence-electron chi connectivity index (χ0n) is 14.7. The molecule has 28 heavy (non-hydrogen) atoms. The van der Waals surface area contributed by atoms with Gasteiger partial charge in [-0.1, -0.05) is 0 Å². The maximum Gasteiger partial charge on any atom is 0.264 e. The summed E-state index contributed by atoms with van der Waals surface area (Å²) in [5, 5.41) is 0. The quantitative estimate of drug-likeness (QED) is 0.793. The van der Waals surface area contributed by atoms with Crippen molar-refractivity contribution < 1.29 is 25.6 Å². The van der Waals surface area contributed by atoms with E-state index >= 15 is 0 Å². The number of hydrogen-bond donors (Lipinski definition) is 1. The monoisotopic (exact) mass is 428 g/mol. The van der Waals surface area contributed by atoms with Crippen LogP contribution >= 0.6 is 0 Å². The van der Waals surface area contributed by atoms with Crippen LogP contribution in [-0.2, 0) is 26.5 Å². The Morgan fingerprint density at radius 2 is 1.61 bits per heavy atom. The van der Waals surface area contributed by atoms with E-state index in [0.29, 0.717) is 24.5 Å². The molecule has 0 bridgehead atoms. The molecule has 0 radical (unpaired) electrons. The van der Waals surface area contributed by atoms with Crippen molar-refractivity contribution in [2.24, 2.45) is 0 Å². The molecule has 0 amide bonds. The highest BCUT2D eigenvalue weighted by Gasteiger charge is 2.33. The van der Waals surface area contributed by atoms with Crippen LogP contribution in [0, 0.1) is 11.6 Å². The first-order valence-electron chi connectivity index (χ1n) is 8.81. The lowest BCUT2D eigenvalue weighted by Gasteiger charge is -2.30. The van der Waals surface area contributed by atoms with Crippen molar-refractivity contribution in [2.75, 3.05) is 10.8 Å². The first-order valence-corrected chi connectivity index (χ1v) is 11.7. The second-order valence-electron chi connectivity index (χ2n) is 6.94. The molecule has 0 spiro atoms. The van der Waals surface area contributed by atoms with E-state index in [9.17, 15) is 25.6 Å². The molecule has 1 fully saturated rings. The van der Waals surface area contributed by atoms with Crippen molar-refractivity contribution in [3.05, 3.63) is 53.6 Å². The number of anilines is 1.